The Hall–Kier alpha value is -2.70. The van der Waals surface area contributed by atoms with Crippen molar-refractivity contribution in [2.24, 2.45) is 10.9 Å². The SMILES string of the molecule is CCNC(=NCc1nccn1CC(C)C)NCCc1ccc(OC)c(OC)c1. The molecule has 28 heavy (non-hydrogen) atoms. The summed E-state index contributed by atoms with van der Waals surface area (Å²) in [6.07, 6.45) is 4.71. The number of aliphatic imine (C=N–C) groups is 1. The van der Waals surface area contributed by atoms with E-state index in [-0.39, 0.29) is 0 Å². The van der Waals surface area contributed by atoms with E-state index in [1.165, 1.54) is 5.56 Å². The minimum absolute atomic E-state index is 0.547. The molecule has 0 bridgehead atoms. The van der Waals surface area contributed by atoms with Crippen molar-refractivity contribution >= 4 is 5.96 Å². The van der Waals surface area contributed by atoms with Crippen LogP contribution in [0, 0.1) is 5.92 Å². The molecule has 0 saturated carbocycles. The van der Waals surface area contributed by atoms with Crippen molar-refractivity contribution in [2.45, 2.75) is 40.3 Å². The van der Waals surface area contributed by atoms with E-state index in [1.54, 1.807) is 14.2 Å². The summed E-state index contributed by atoms with van der Waals surface area (Å²) in [6.45, 7) is 9.54. The first-order valence-electron chi connectivity index (χ1n) is 9.80. The topological polar surface area (TPSA) is 72.7 Å². The van der Waals surface area contributed by atoms with E-state index < -0.39 is 0 Å². The zero-order chi connectivity index (χ0) is 20.4. The number of nitrogens with zero attached hydrogens (tertiary/aromatic N) is 3. The molecule has 2 N–H and O–H groups in total. The molecule has 1 aromatic heterocycles. The number of rotatable bonds is 10. The Kier molecular flexibility index (Phi) is 8.65. The van der Waals surface area contributed by atoms with Crippen LogP contribution >= 0.6 is 0 Å². The van der Waals surface area contributed by atoms with Crippen molar-refractivity contribution in [1.82, 2.24) is 20.2 Å². The van der Waals surface area contributed by atoms with Crippen LogP contribution in [0.2, 0.25) is 0 Å². The third-order valence-electron chi connectivity index (χ3n) is 4.24. The van der Waals surface area contributed by atoms with Crippen molar-refractivity contribution in [3.05, 3.63) is 42.0 Å². The number of benzene rings is 1. The van der Waals surface area contributed by atoms with Gasteiger partial charge in [0.1, 0.15) is 12.4 Å². The van der Waals surface area contributed by atoms with Crippen LogP contribution in [-0.4, -0.2) is 42.8 Å². The minimum atomic E-state index is 0.547. The monoisotopic (exact) mass is 387 g/mol. The average molecular weight is 388 g/mol. The highest BCUT2D eigenvalue weighted by Gasteiger charge is 2.07. The van der Waals surface area contributed by atoms with Gasteiger partial charge in [-0.05, 0) is 37.0 Å². The zero-order valence-corrected chi connectivity index (χ0v) is 17.7. The number of guanidine groups is 1. The van der Waals surface area contributed by atoms with Crippen molar-refractivity contribution < 1.29 is 9.47 Å². The predicted molar refractivity (Wildman–Crippen MR) is 113 cm³/mol. The van der Waals surface area contributed by atoms with E-state index in [9.17, 15) is 0 Å². The highest BCUT2D eigenvalue weighted by Crippen LogP contribution is 2.27. The van der Waals surface area contributed by atoms with E-state index in [1.807, 2.05) is 24.5 Å². The number of aromatic nitrogens is 2. The third-order valence-corrected chi connectivity index (χ3v) is 4.24. The van der Waals surface area contributed by atoms with Gasteiger partial charge in [-0.25, -0.2) is 9.98 Å². The van der Waals surface area contributed by atoms with Crippen LogP contribution in [0.1, 0.15) is 32.2 Å². The Morgan fingerprint density at radius 2 is 1.96 bits per heavy atom. The maximum absolute atomic E-state index is 5.37. The van der Waals surface area contributed by atoms with Gasteiger partial charge in [-0.15, -0.1) is 0 Å². The van der Waals surface area contributed by atoms with Gasteiger partial charge in [-0.2, -0.15) is 0 Å². The molecule has 7 heteroatoms. The van der Waals surface area contributed by atoms with Crippen LogP contribution in [-0.2, 0) is 19.5 Å². The fourth-order valence-corrected chi connectivity index (χ4v) is 2.90. The molecule has 0 amide bonds. The molecule has 0 aliphatic heterocycles. The maximum Gasteiger partial charge on any atom is 0.191 e. The van der Waals surface area contributed by atoms with Gasteiger partial charge >= 0.3 is 0 Å². The number of methoxy groups -OCH3 is 2. The minimum Gasteiger partial charge on any atom is -0.493 e. The Balaban J connectivity index is 1.94. The van der Waals surface area contributed by atoms with E-state index in [0.717, 1.165) is 49.3 Å². The fourth-order valence-electron chi connectivity index (χ4n) is 2.90. The average Bonchev–Trinajstić information content (AvgIpc) is 3.12. The molecular weight excluding hydrogens is 354 g/mol. The molecule has 0 fully saturated rings. The van der Waals surface area contributed by atoms with Gasteiger partial charge in [0, 0.05) is 32.0 Å². The van der Waals surface area contributed by atoms with E-state index in [0.29, 0.717) is 12.5 Å². The smallest absolute Gasteiger partial charge is 0.191 e. The Labute approximate surface area is 168 Å². The Morgan fingerprint density at radius 1 is 1.18 bits per heavy atom. The summed E-state index contributed by atoms with van der Waals surface area (Å²) >= 11 is 0. The lowest BCUT2D eigenvalue weighted by Gasteiger charge is -2.13. The molecular formula is C21H33N5O2. The van der Waals surface area contributed by atoms with Crippen molar-refractivity contribution in [3.8, 4) is 11.5 Å². The van der Waals surface area contributed by atoms with Gasteiger partial charge in [0.2, 0.25) is 0 Å². The van der Waals surface area contributed by atoms with Gasteiger partial charge in [0.25, 0.3) is 0 Å². The lowest BCUT2D eigenvalue weighted by molar-refractivity contribution is 0.354. The summed E-state index contributed by atoms with van der Waals surface area (Å²) in [6, 6.07) is 5.99. The lowest BCUT2D eigenvalue weighted by Crippen LogP contribution is -2.38. The van der Waals surface area contributed by atoms with Crippen LogP contribution < -0.4 is 20.1 Å². The third kappa shape index (κ3) is 6.48. The van der Waals surface area contributed by atoms with Gasteiger partial charge in [-0.3, -0.25) is 0 Å². The van der Waals surface area contributed by atoms with E-state index in [4.69, 9.17) is 9.47 Å². The largest absolute Gasteiger partial charge is 0.493 e. The summed E-state index contributed by atoms with van der Waals surface area (Å²) in [4.78, 5) is 9.12. The second-order valence-electron chi connectivity index (χ2n) is 6.95. The van der Waals surface area contributed by atoms with E-state index in [2.05, 4.69) is 52.0 Å². The molecule has 2 rings (SSSR count). The summed E-state index contributed by atoms with van der Waals surface area (Å²) in [5, 5.41) is 6.68. The first kappa shape index (κ1) is 21.6. The Bertz CT molecular complexity index is 755. The number of ether oxygens (including phenoxy) is 2. The fraction of sp³-hybridized carbons (Fsp3) is 0.524. The van der Waals surface area contributed by atoms with Crippen LogP contribution in [0.3, 0.4) is 0 Å². The van der Waals surface area contributed by atoms with E-state index >= 15 is 0 Å². The molecule has 0 aliphatic carbocycles. The normalized spacial score (nSPS) is 11.6. The standard InChI is InChI=1S/C21H33N5O2/c1-6-22-21(25-14-20-23-11-12-26(20)15-16(2)3)24-10-9-17-7-8-18(27-4)19(13-17)28-5/h7-8,11-13,16H,6,9-10,14-15H2,1-5H3,(H2,22,24,25). The molecule has 7 nitrogen and oxygen atoms in total. The zero-order valence-electron chi connectivity index (χ0n) is 17.7. The molecule has 1 aromatic carbocycles. The van der Waals surface area contributed by atoms with Gasteiger partial charge < -0.3 is 24.7 Å². The summed E-state index contributed by atoms with van der Waals surface area (Å²) < 4.78 is 12.8. The first-order chi connectivity index (χ1) is 13.6. The van der Waals surface area contributed by atoms with Crippen LogP contribution in [0.15, 0.2) is 35.6 Å². The highest BCUT2D eigenvalue weighted by molar-refractivity contribution is 5.79. The van der Waals surface area contributed by atoms with Crippen LogP contribution in [0.25, 0.3) is 0 Å². The predicted octanol–water partition coefficient (Wildman–Crippen LogP) is 2.85. The second kappa shape index (κ2) is 11.2. The molecule has 1 heterocycles. The van der Waals surface area contributed by atoms with Crippen molar-refractivity contribution in [3.63, 3.8) is 0 Å². The summed E-state index contributed by atoms with van der Waals surface area (Å²) in [5.41, 5.74) is 1.17. The Morgan fingerprint density at radius 3 is 2.64 bits per heavy atom. The van der Waals surface area contributed by atoms with Crippen molar-refractivity contribution in [2.75, 3.05) is 27.3 Å². The molecule has 154 valence electrons. The molecule has 0 atom stereocenters. The van der Waals surface area contributed by atoms with Gasteiger partial charge in [0.15, 0.2) is 17.5 Å². The molecule has 0 aliphatic rings. The maximum atomic E-state index is 5.37. The lowest BCUT2D eigenvalue weighted by atomic mass is 10.1. The van der Waals surface area contributed by atoms with Crippen LogP contribution in [0.4, 0.5) is 0 Å². The van der Waals surface area contributed by atoms with Crippen molar-refractivity contribution in [1.29, 1.82) is 0 Å². The first-order valence-corrected chi connectivity index (χ1v) is 9.80. The molecule has 0 saturated heterocycles. The number of hydrogen-bond acceptors (Lipinski definition) is 4. The van der Waals surface area contributed by atoms with Gasteiger partial charge in [0.05, 0.1) is 14.2 Å². The van der Waals surface area contributed by atoms with Crippen LogP contribution in [0.5, 0.6) is 11.5 Å². The summed E-state index contributed by atoms with van der Waals surface area (Å²) in [5.74, 6) is 3.83. The summed E-state index contributed by atoms with van der Waals surface area (Å²) in [7, 11) is 3.30. The highest BCUT2D eigenvalue weighted by atomic mass is 16.5. The van der Waals surface area contributed by atoms with Gasteiger partial charge in [-0.1, -0.05) is 19.9 Å². The molecule has 0 unspecified atom stereocenters. The second-order valence-corrected chi connectivity index (χ2v) is 6.95. The number of nitrogens with one attached hydrogen (secondary N) is 2. The number of hydrogen-bond donors (Lipinski definition) is 2. The quantitative estimate of drug-likeness (QED) is 0.484. The number of imidazole rings is 1. The molecule has 2 aromatic rings. The molecule has 0 radical (unpaired) electrons. The molecule has 0 spiro atoms.